The van der Waals surface area contributed by atoms with E-state index in [-0.39, 0.29) is 11.1 Å². The number of primary amides is 1. The summed E-state index contributed by atoms with van der Waals surface area (Å²) in [5.41, 5.74) is 44.9. The second-order valence-electron chi connectivity index (χ2n) is 13.9. The summed E-state index contributed by atoms with van der Waals surface area (Å²) in [4.78, 5) is 127. The van der Waals surface area contributed by atoms with Gasteiger partial charge in [-0.05, 0) is 23.3 Å². The van der Waals surface area contributed by atoms with Crippen LogP contribution in [0.1, 0.15) is 17.2 Å². The van der Waals surface area contributed by atoms with Crippen LogP contribution in [-0.4, -0.2) is 115 Å². The van der Waals surface area contributed by atoms with Gasteiger partial charge in [-0.15, -0.1) is 0 Å². The zero-order valence-electron chi connectivity index (χ0n) is 36.1. The summed E-state index contributed by atoms with van der Waals surface area (Å²) in [6.07, 6.45) is -11.2. The quantitative estimate of drug-likeness (QED) is 0.0138. The highest BCUT2D eigenvalue weighted by molar-refractivity contribution is 5.99. The Balaban J connectivity index is 2.05. The van der Waals surface area contributed by atoms with Gasteiger partial charge in [0.05, 0.1) is 20.8 Å². The number of aliphatic imine (C=N–C) groups is 4. The summed E-state index contributed by atoms with van der Waals surface area (Å²) in [7, 11) is 0. The van der Waals surface area contributed by atoms with Gasteiger partial charge in [-0.25, -0.2) is 20.0 Å². The van der Waals surface area contributed by atoms with Gasteiger partial charge in [-0.2, -0.15) is 0 Å². The lowest BCUT2D eigenvalue weighted by molar-refractivity contribution is -0.393. The van der Waals surface area contributed by atoms with E-state index in [4.69, 9.17) is 51.6 Å². The number of phenolic OH excluding ortho intramolecular Hbond substituents is 1. The number of rotatable bonds is 23. The Morgan fingerprint density at radius 1 is 0.549 bits per heavy atom. The molecule has 0 spiro atoms. The van der Waals surface area contributed by atoms with Crippen molar-refractivity contribution in [2.24, 2.45) is 71.6 Å². The lowest BCUT2D eigenvalue weighted by Gasteiger charge is -2.30. The SMILES string of the molecule is NC(=O)C(N=C(N)N)NC(=O)C(N=C(N)N)NC(=O)C(N=C(N)N)NC(=O)C(N=C(N)N)NC(=O)C(NC(=O)C(O)N(Cc1ccc(O)c([N+](=O)[O-])c1)c1ccc([N+](=O)[O-])cc1[N+](=O)[O-])c1ccccc1. The first-order valence-corrected chi connectivity index (χ1v) is 19.3. The number of non-ortho nitro benzene ring substituents is 1. The van der Waals surface area contributed by atoms with Crippen molar-refractivity contribution in [3.8, 4) is 5.75 Å². The normalized spacial score (nSPS) is 13.0. The number of nitro groups is 3. The molecule has 0 aliphatic carbocycles. The highest BCUT2D eigenvalue weighted by atomic mass is 16.6. The number of hydrogen-bond donors (Lipinski definition) is 16. The monoisotopic (exact) mass is 996 g/mol. The van der Waals surface area contributed by atoms with Gasteiger partial charge in [0.2, 0.25) is 36.8 Å². The number of carbonyl (C=O) groups is 6. The van der Waals surface area contributed by atoms with Crippen molar-refractivity contribution < 1.29 is 53.8 Å². The molecule has 0 fully saturated rings. The Bertz CT molecular complexity index is 2680. The molecule has 0 saturated carbocycles. The first-order chi connectivity index (χ1) is 33.2. The molecule has 0 aliphatic heterocycles. The molecule has 3 rings (SSSR count). The van der Waals surface area contributed by atoms with Crippen molar-refractivity contribution in [2.75, 3.05) is 4.90 Å². The van der Waals surface area contributed by atoms with E-state index in [1.165, 1.54) is 30.3 Å². The van der Waals surface area contributed by atoms with E-state index in [2.05, 4.69) is 30.6 Å². The van der Waals surface area contributed by atoms with Gasteiger partial charge in [0.15, 0.2) is 29.6 Å². The minimum atomic E-state index is -2.60. The lowest BCUT2D eigenvalue weighted by Crippen LogP contribution is -2.58. The van der Waals surface area contributed by atoms with E-state index in [0.29, 0.717) is 11.0 Å². The third-order valence-electron chi connectivity index (χ3n) is 8.72. The first kappa shape index (κ1) is 54.7. The van der Waals surface area contributed by atoms with E-state index >= 15 is 0 Å². The van der Waals surface area contributed by atoms with Crippen molar-refractivity contribution >= 4 is 82.0 Å². The maximum Gasteiger partial charge on any atom is 0.311 e. The number of aromatic hydroxyl groups is 1. The number of nitrogens with one attached hydrogen (secondary N) is 5. The number of hydrogen-bond acceptors (Lipinski definition) is 19. The van der Waals surface area contributed by atoms with Crippen LogP contribution >= 0.6 is 0 Å². The third-order valence-corrected chi connectivity index (χ3v) is 8.72. The number of guanidine groups is 4. The van der Waals surface area contributed by atoms with Crippen LogP contribution in [0.2, 0.25) is 0 Å². The predicted octanol–water partition coefficient (Wildman–Crippen LogP) is -7.35. The maximum absolute atomic E-state index is 14.2. The van der Waals surface area contributed by atoms with E-state index in [1.54, 1.807) is 0 Å². The van der Waals surface area contributed by atoms with E-state index in [1.807, 2.05) is 16.0 Å². The van der Waals surface area contributed by atoms with E-state index in [9.17, 15) is 69.3 Å². The van der Waals surface area contributed by atoms with Crippen LogP contribution in [0.5, 0.6) is 5.75 Å². The van der Waals surface area contributed by atoms with Gasteiger partial charge in [0.25, 0.3) is 40.9 Å². The van der Waals surface area contributed by atoms with Gasteiger partial charge in [-0.3, -0.25) is 59.1 Å². The number of nitrogens with two attached hydrogens (primary N) is 9. The van der Waals surface area contributed by atoms with Gasteiger partial charge in [-0.1, -0.05) is 36.4 Å². The van der Waals surface area contributed by atoms with Crippen molar-refractivity contribution in [1.82, 2.24) is 26.6 Å². The highest BCUT2D eigenvalue weighted by Gasteiger charge is 2.36. The third kappa shape index (κ3) is 15.7. The molecule has 378 valence electrons. The molecule has 36 nitrogen and oxygen atoms in total. The average Bonchev–Trinajstić information content (AvgIpc) is 3.28. The van der Waals surface area contributed by atoms with Crippen LogP contribution < -0.4 is 83.1 Å². The predicted molar refractivity (Wildman–Crippen MR) is 244 cm³/mol. The molecule has 0 aromatic heterocycles. The van der Waals surface area contributed by atoms with E-state index in [0.717, 1.165) is 30.3 Å². The number of nitrogens with zero attached hydrogens (tertiary/aromatic N) is 8. The van der Waals surface area contributed by atoms with Crippen LogP contribution in [0.3, 0.4) is 0 Å². The first-order valence-electron chi connectivity index (χ1n) is 19.3. The molecule has 6 unspecified atom stereocenters. The van der Waals surface area contributed by atoms with Gasteiger partial charge < -0.3 is 93.3 Å². The van der Waals surface area contributed by atoms with Crippen LogP contribution in [0.15, 0.2) is 86.7 Å². The molecule has 0 saturated heterocycles. The number of anilines is 1. The topological polar surface area (TPSA) is 619 Å². The Labute approximate surface area is 395 Å². The van der Waals surface area contributed by atoms with Crippen molar-refractivity contribution in [1.29, 1.82) is 0 Å². The maximum atomic E-state index is 14.2. The Kier molecular flexibility index (Phi) is 18.6. The summed E-state index contributed by atoms with van der Waals surface area (Å²) in [6, 6.07) is 9.65. The summed E-state index contributed by atoms with van der Waals surface area (Å²) in [6.45, 7) is -0.808. The number of nitro benzene ring substituents is 3. The minimum absolute atomic E-state index is 0.0864. The molecule has 36 heteroatoms. The number of phenols is 1. The second-order valence-corrected chi connectivity index (χ2v) is 13.9. The molecule has 6 atom stereocenters. The fourth-order valence-electron chi connectivity index (χ4n) is 5.72. The molecular formula is C35H44N22O14. The molecule has 0 radical (unpaired) electrons. The van der Waals surface area contributed by atoms with Crippen LogP contribution in [0.4, 0.5) is 22.7 Å². The Morgan fingerprint density at radius 2 is 1.00 bits per heavy atom. The molecule has 25 N–H and O–H groups in total. The molecule has 0 heterocycles. The Hall–Kier alpha value is -10.7. The second kappa shape index (κ2) is 24.2. The molecule has 6 amide bonds. The fourth-order valence-corrected chi connectivity index (χ4v) is 5.72. The lowest BCUT2D eigenvalue weighted by atomic mass is 10.1. The number of amides is 6. The fraction of sp³-hybridized carbons (Fsp3) is 0.200. The molecular weight excluding hydrogens is 953 g/mol. The summed E-state index contributed by atoms with van der Waals surface area (Å²) < 4.78 is 0. The van der Waals surface area contributed by atoms with Crippen molar-refractivity contribution in [3.63, 3.8) is 0 Å². The van der Waals surface area contributed by atoms with Crippen LogP contribution in [0, 0.1) is 30.3 Å². The summed E-state index contributed by atoms with van der Waals surface area (Å²) in [5, 5.41) is 67.1. The number of benzene rings is 3. The van der Waals surface area contributed by atoms with Gasteiger partial charge in [0, 0.05) is 18.7 Å². The summed E-state index contributed by atoms with van der Waals surface area (Å²) in [5.74, 6) is -12.6. The number of aliphatic hydroxyl groups excluding tert-OH is 1. The molecule has 0 bridgehead atoms. The van der Waals surface area contributed by atoms with Crippen LogP contribution in [-0.2, 0) is 35.3 Å². The van der Waals surface area contributed by atoms with Crippen LogP contribution in [0.25, 0.3) is 0 Å². The summed E-state index contributed by atoms with van der Waals surface area (Å²) >= 11 is 0. The molecule has 0 aliphatic rings. The minimum Gasteiger partial charge on any atom is -0.502 e. The van der Waals surface area contributed by atoms with E-state index < -0.39 is 146 Å². The smallest absolute Gasteiger partial charge is 0.311 e. The van der Waals surface area contributed by atoms with Crippen molar-refractivity contribution in [3.05, 3.63) is 108 Å². The number of aliphatic hydroxyl groups is 1. The zero-order chi connectivity index (χ0) is 53.4. The molecule has 71 heavy (non-hydrogen) atoms. The zero-order valence-corrected chi connectivity index (χ0v) is 36.1. The van der Waals surface area contributed by atoms with Gasteiger partial charge >= 0.3 is 5.69 Å². The molecule has 3 aromatic rings. The largest absolute Gasteiger partial charge is 0.502 e. The molecule has 3 aromatic carbocycles. The number of carbonyl (C=O) groups excluding carboxylic acids is 6. The standard InChI is InChI=1S/C35H44N22O14/c36-21(59)22(50-32(37)38)46-27(61)24(52-34(41)42)48-29(63)25(53-35(43)44)49-28(62)23(51-33(39)40)47-26(60)20(14-4-2-1-3-5-14)45-30(64)31(65)54(12-13-6-9-19(58)18(10-13)57(70)71)16-8-7-15(55(66)67)11-17(16)56(68)69/h1-11,20,22-25,31,58,65H,12H2,(H2,36,59)(H,45,64)(H,46,61)(H,47,60)(H,48,63)(H,49,62)(H4,37,38,50)(H4,39,40,51)(H4,41,42,52)(H4,43,44,53). The average molecular weight is 997 g/mol. The Morgan fingerprint density at radius 3 is 1.44 bits per heavy atom. The van der Waals surface area contributed by atoms with Gasteiger partial charge in [0.1, 0.15) is 11.7 Å². The van der Waals surface area contributed by atoms with Crippen molar-refractivity contribution in [2.45, 2.75) is 43.5 Å². The highest BCUT2D eigenvalue weighted by Crippen LogP contribution is 2.35.